The van der Waals surface area contributed by atoms with Gasteiger partial charge < -0.3 is 10.2 Å². The normalized spacial score (nSPS) is 16.7. The van der Waals surface area contributed by atoms with E-state index in [1.165, 1.54) is 34.7 Å². The second-order valence-electron chi connectivity index (χ2n) is 9.93. The number of likely N-dealkylation sites (N-methyl/N-ethyl adjacent to an activating group) is 1. The zero-order valence-corrected chi connectivity index (χ0v) is 21.8. The Morgan fingerprint density at radius 2 is 1.56 bits per heavy atom. The predicted molar refractivity (Wildman–Crippen MR) is 151 cm³/mol. The lowest BCUT2D eigenvalue weighted by molar-refractivity contribution is -0.384. The Morgan fingerprint density at radius 1 is 0.878 bits per heavy atom. The third kappa shape index (κ3) is 3.09. The van der Waals surface area contributed by atoms with Gasteiger partial charge in [0.1, 0.15) is 17.1 Å². The first-order valence-corrected chi connectivity index (χ1v) is 12.7. The Labute approximate surface area is 231 Å². The fourth-order valence-corrected chi connectivity index (χ4v) is 5.98. The molecule has 4 heterocycles. The fourth-order valence-electron chi connectivity index (χ4n) is 5.98. The Balaban J connectivity index is 1.73. The number of aromatic nitrogens is 4. The molecule has 2 aliphatic rings. The van der Waals surface area contributed by atoms with Crippen molar-refractivity contribution in [2.75, 3.05) is 17.3 Å². The van der Waals surface area contributed by atoms with Crippen LogP contribution in [0.1, 0.15) is 16.7 Å². The smallest absolute Gasteiger partial charge is 0.325 e. The average Bonchev–Trinajstić information content (AvgIpc) is 3.47. The van der Waals surface area contributed by atoms with Gasteiger partial charge in [0.2, 0.25) is 5.91 Å². The summed E-state index contributed by atoms with van der Waals surface area (Å²) in [6.07, 6.45) is 0. The maximum atomic E-state index is 14.7. The highest BCUT2D eigenvalue weighted by molar-refractivity contribution is 6.16. The molecule has 0 fully saturated rings. The number of nitro groups is 1. The molecule has 0 radical (unpaired) electrons. The maximum absolute atomic E-state index is 14.7. The quantitative estimate of drug-likeness (QED) is 0.260. The first-order valence-electron chi connectivity index (χ1n) is 12.7. The summed E-state index contributed by atoms with van der Waals surface area (Å²) in [5.41, 5.74) is -0.916. The minimum absolute atomic E-state index is 0.0482. The number of carbonyl (C=O) groups excluding carboxylic acids is 1. The van der Waals surface area contributed by atoms with Crippen molar-refractivity contribution in [1.82, 2.24) is 19.3 Å². The van der Waals surface area contributed by atoms with Gasteiger partial charge in [-0.05, 0) is 18.2 Å². The lowest BCUT2D eigenvalue weighted by Gasteiger charge is -2.35. The molecular weight excluding hydrogens is 526 g/mol. The molecule has 3 aromatic carbocycles. The molecule has 0 aliphatic carbocycles. The lowest BCUT2D eigenvalue weighted by Crippen LogP contribution is -2.49. The van der Waals surface area contributed by atoms with Crippen LogP contribution in [0.4, 0.5) is 23.0 Å². The third-order valence-electron chi connectivity index (χ3n) is 7.83. The SMILES string of the molecule is CN1C(=O)C2(c3cc([N+](=O)[O-])ccc31)c1c(-c3ccccc3)nn(-c3ccccc3)c1Nc1c2c(=O)[nH]c(=O)n1C. The van der Waals surface area contributed by atoms with E-state index in [0.29, 0.717) is 34.0 Å². The molecule has 1 atom stereocenters. The van der Waals surface area contributed by atoms with Gasteiger partial charge >= 0.3 is 5.69 Å². The minimum Gasteiger partial charge on any atom is -0.325 e. The minimum atomic E-state index is -1.87. The molecule has 12 nitrogen and oxygen atoms in total. The zero-order chi connectivity index (χ0) is 28.6. The van der Waals surface area contributed by atoms with Crippen molar-refractivity contribution >= 4 is 28.9 Å². The fraction of sp³-hybridized carbons (Fsp3) is 0.103. The van der Waals surface area contributed by atoms with E-state index < -0.39 is 27.5 Å². The second kappa shape index (κ2) is 8.36. The largest absolute Gasteiger partial charge is 0.329 e. The molecule has 5 aromatic rings. The highest BCUT2D eigenvalue weighted by atomic mass is 16.6. The Morgan fingerprint density at radius 3 is 2.24 bits per heavy atom. The van der Waals surface area contributed by atoms with Gasteiger partial charge in [0.05, 0.1) is 21.9 Å². The molecule has 1 spiro atoms. The number of rotatable bonds is 3. The standard InChI is InChI=1S/C29H21N7O5/c1-33-20-14-13-18(36(40)41)15-19(20)29(27(33)38)21-23(16-9-5-3-6-10-16)32-35(17-11-7-4-8-12-17)25(21)30-24-22(29)26(37)31-28(39)34(24)2/h3-15,30H,1-2H3,(H,31,37,39). The number of hydrogen-bond acceptors (Lipinski definition) is 7. The van der Waals surface area contributed by atoms with Crippen molar-refractivity contribution in [2.45, 2.75) is 5.41 Å². The van der Waals surface area contributed by atoms with Crippen LogP contribution >= 0.6 is 0 Å². The van der Waals surface area contributed by atoms with Crippen molar-refractivity contribution in [1.29, 1.82) is 0 Å². The third-order valence-corrected chi connectivity index (χ3v) is 7.83. The number of fused-ring (bicyclic) bond motifs is 6. The number of amides is 1. The number of anilines is 3. The van der Waals surface area contributed by atoms with E-state index in [-0.39, 0.29) is 22.6 Å². The van der Waals surface area contributed by atoms with E-state index in [9.17, 15) is 24.5 Å². The summed E-state index contributed by atoms with van der Waals surface area (Å²) in [6, 6.07) is 22.5. The molecule has 2 N–H and O–H groups in total. The number of nitrogens with zero attached hydrogens (tertiary/aromatic N) is 5. The maximum Gasteiger partial charge on any atom is 0.329 e. The van der Waals surface area contributed by atoms with E-state index in [1.807, 2.05) is 60.7 Å². The van der Waals surface area contributed by atoms with Gasteiger partial charge in [0.15, 0.2) is 0 Å². The molecule has 12 heteroatoms. The summed E-state index contributed by atoms with van der Waals surface area (Å²) < 4.78 is 2.84. The van der Waals surface area contributed by atoms with Crippen LogP contribution in [0.5, 0.6) is 0 Å². The molecule has 0 saturated heterocycles. The van der Waals surface area contributed by atoms with Crippen LogP contribution in [0.2, 0.25) is 0 Å². The van der Waals surface area contributed by atoms with Gasteiger partial charge in [0, 0.05) is 48.6 Å². The number of aromatic amines is 1. The van der Waals surface area contributed by atoms with Crippen LogP contribution in [0, 0.1) is 10.1 Å². The predicted octanol–water partition coefficient (Wildman–Crippen LogP) is 3.20. The van der Waals surface area contributed by atoms with E-state index >= 15 is 0 Å². The molecule has 7 rings (SSSR count). The molecular formula is C29H21N7O5. The molecule has 0 bridgehead atoms. The van der Waals surface area contributed by atoms with Gasteiger partial charge in [-0.25, -0.2) is 9.48 Å². The molecule has 2 aliphatic heterocycles. The van der Waals surface area contributed by atoms with Crippen molar-refractivity contribution in [3.8, 4) is 16.9 Å². The van der Waals surface area contributed by atoms with Crippen LogP contribution in [0.25, 0.3) is 16.9 Å². The summed E-state index contributed by atoms with van der Waals surface area (Å²) in [7, 11) is 3.03. The van der Waals surface area contributed by atoms with Crippen LogP contribution in [0.3, 0.4) is 0 Å². The first kappa shape index (κ1) is 24.3. The zero-order valence-electron chi connectivity index (χ0n) is 21.8. The second-order valence-corrected chi connectivity index (χ2v) is 9.93. The van der Waals surface area contributed by atoms with Crippen LogP contribution in [0.15, 0.2) is 88.5 Å². The number of nitrogens with one attached hydrogen (secondary N) is 2. The highest BCUT2D eigenvalue weighted by Crippen LogP contribution is 2.58. The van der Waals surface area contributed by atoms with Crippen molar-refractivity contribution in [3.05, 3.63) is 127 Å². The Hall–Kier alpha value is -5.78. The number of para-hydroxylation sites is 1. The van der Waals surface area contributed by atoms with Gasteiger partial charge in [-0.2, -0.15) is 5.10 Å². The number of H-pyrrole nitrogens is 1. The number of carbonyl (C=O) groups is 1. The molecule has 1 unspecified atom stereocenters. The van der Waals surface area contributed by atoms with Gasteiger partial charge in [0.25, 0.3) is 11.2 Å². The number of non-ortho nitro benzene ring substituents is 1. The van der Waals surface area contributed by atoms with E-state index in [1.54, 1.807) is 11.7 Å². The van der Waals surface area contributed by atoms with E-state index in [2.05, 4.69) is 10.3 Å². The van der Waals surface area contributed by atoms with E-state index in [4.69, 9.17) is 5.10 Å². The first-order chi connectivity index (χ1) is 19.7. The van der Waals surface area contributed by atoms with Gasteiger partial charge in [-0.1, -0.05) is 48.5 Å². The number of benzene rings is 3. The molecule has 202 valence electrons. The van der Waals surface area contributed by atoms with Crippen LogP contribution in [-0.2, 0) is 17.3 Å². The number of hydrogen-bond donors (Lipinski definition) is 2. The molecule has 2 aromatic heterocycles. The van der Waals surface area contributed by atoms with Crippen molar-refractivity contribution in [3.63, 3.8) is 0 Å². The summed E-state index contributed by atoms with van der Waals surface area (Å²) in [6.45, 7) is 0. The molecule has 41 heavy (non-hydrogen) atoms. The summed E-state index contributed by atoms with van der Waals surface area (Å²) >= 11 is 0. The number of nitro benzene ring substituents is 1. The van der Waals surface area contributed by atoms with E-state index in [0.717, 1.165) is 0 Å². The summed E-state index contributed by atoms with van der Waals surface area (Å²) in [5.74, 6) is -0.0701. The Kier molecular flexibility index (Phi) is 4.95. The lowest BCUT2D eigenvalue weighted by atomic mass is 9.68. The van der Waals surface area contributed by atoms with Crippen molar-refractivity contribution < 1.29 is 9.72 Å². The topological polar surface area (TPSA) is 148 Å². The summed E-state index contributed by atoms with van der Waals surface area (Å²) in [4.78, 5) is 56.4. The van der Waals surface area contributed by atoms with Gasteiger partial charge in [-0.15, -0.1) is 0 Å². The van der Waals surface area contributed by atoms with Crippen LogP contribution in [-0.4, -0.2) is 37.2 Å². The molecule has 1 amide bonds. The highest BCUT2D eigenvalue weighted by Gasteiger charge is 2.61. The summed E-state index contributed by atoms with van der Waals surface area (Å²) in [5, 5.41) is 20.1. The van der Waals surface area contributed by atoms with Crippen LogP contribution < -0.4 is 21.5 Å². The monoisotopic (exact) mass is 547 g/mol. The van der Waals surface area contributed by atoms with Crippen molar-refractivity contribution in [2.24, 2.45) is 7.05 Å². The average molecular weight is 548 g/mol. The Bertz CT molecular complexity index is 2050. The molecule has 0 saturated carbocycles. The van der Waals surface area contributed by atoms with Gasteiger partial charge in [-0.3, -0.25) is 29.3 Å².